The van der Waals surface area contributed by atoms with Gasteiger partial charge in [0.25, 0.3) is 0 Å². The molecule has 1 amide bonds. The van der Waals surface area contributed by atoms with Crippen LogP contribution >= 0.6 is 0 Å². The Balaban J connectivity index is 2.02. The molecule has 0 aliphatic rings. The quantitative estimate of drug-likeness (QED) is 0.595. The van der Waals surface area contributed by atoms with Crippen molar-refractivity contribution in [1.29, 1.82) is 0 Å². The normalized spacial score (nSPS) is 9.92. The van der Waals surface area contributed by atoms with Crippen molar-refractivity contribution in [1.82, 2.24) is 0 Å². The number of benzene rings is 2. The summed E-state index contributed by atoms with van der Waals surface area (Å²) in [7, 11) is 1.51. The van der Waals surface area contributed by atoms with Gasteiger partial charge in [-0.2, -0.15) is 0 Å². The number of methoxy groups -OCH3 is 1. The summed E-state index contributed by atoms with van der Waals surface area (Å²) < 4.78 is 15.5. The number of nitrogens with one attached hydrogen (secondary N) is 1. The number of anilines is 1. The summed E-state index contributed by atoms with van der Waals surface area (Å²) in [6.07, 6.45) is 1.81. The zero-order valence-corrected chi connectivity index (χ0v) is 14.8. The Bertz CT molecular complexity index is 783. The van der Waals surface area contributed by atoms with Crippen molar-refractivity contribution >= 4 is 17.7 Å². The van der Waals surface area contributed by atoms with Gasteiger partial charge in [-0.15, -0.1) is 6.58 Å². The van der Waals surface area contributed by atoms with Crippen LogP contribution in [0, 0.1) is 0 Å². The SMILES string of the molecule is C=CCc1ccc(OC(=O)Nc2ccc(C(=O)OCC)cc2)c(OC)c1. The van der Waals surface area contributed by atoms with Gasteiger partial charge in [-0.25, -0.2) is 9.59 Å². The minimum atomic E-state index is -0.663. The van der Waals surface area contributed by atoms with E-state index in [2.05, 4.69) is 11.9 Å². The summed E-state index contributed by atoms with van der Waals surface area (Å²) in [4.78, 5) is 23.7. The number of ether oxygens (including phenoxy) is 3. The lowest BCUT2D eigenvalue weighted by molar-refractivity contribution is 0.0526. The molecule has 0 saturated heterocycles. The number of hydrogen-bond acceptors (Lipinski definition) is 5. The molecule has 6 heteroatoms. The number of allylic oxidation sites excluding steroid dienone is 1. The number of carbonyl (C=O) groups is 2. The third kappa shape index (κ3) is 5.11. The molecule has 136 valence electrons. The van der Waals surface area contributed by atoms with Crippen LogP contribution in [0.2, 0.25) is 0 Å². The topological polar surface area (TPSA) is 73.9 Å². The van der Waals surface area contributed by atoms with Gasteiger partial charge >= 0.3 is 12.1 Å². The zero-order valence-electron chi connectivity index (χ0n) is 14.8. The maximum atomic E-state index is 12.1. The van der Waals surface area contributed by atoms with Crippen LogP contribution < -0.4 is 14.8 Å². The number of carbonyl (C=O) groups excluding carboxylic acids is 2. The maximum Gasteiger partial charge on any atom is 0.417 e. The molecule has 6 nitrogen and oxygen atoms in total. The van der Waals surface area contributed by atoms with Crippen molar-refractivity contribution in [3.05, 3.63) is 66.2 Å². The fourth-order valence-corrected chi connectivity index (χ4v) is 2.24. The third-order valence-electron chi connectivity index (χ3n) is 3.45. The molecule has 2 aromatic carbocycles. The van der Waals surface area contributed by atoms with Crippen molar-refractivity contribution in [2.45, 2.75) is 13.3 Å². The molecule has 0 radical (unpaired) electrons. The highest BCUT2D eigenvalue weighted by Gasteiger charge is 2.12. The maximum absolute atomic E-state index is 12.1. The van der Waals surface area contributed by atoms with E-state index in [9.17, 15) is 9.59 Å². The first-order valence-electron chi connectivity index (χ1n) is 8.11. The van der Waals surface area contributed by atoms with Crippen molar-refractivity contribution in [2.75, 3.05) is 19.0 Å². The second kappa shape index (κ2) is 9.27. The van der Waals surface area contributed by atoms with Gasteiger partial charge in [0.1, 0.15) is 0 Å². The second-order valence-corrected chi connectivity index (χ2v) is 5.29. The van der Waals surface area contributed by atoms with E-state index in [-0.39, 0.29) is 0 Å². The van der Waals surface area contributed by atoms with Gasteiger partial charge in [0.15, 0.2) is 11.5 Å². The molecule has 2 aromatic rings. The van der Waals surface area contributed by atoms with Gasteiger partial charge in [-0.05, 0) is 55.3 Å². The van der Waals surface area contributed by atoms with Crippen LogP contribution in [-0.4, -0.2) is 25.8 Å². The Morgan fingerprint density at radius 3 is 2.46 bits per heavy atom. The molecule has 0 spiro atoms. The summed E-state index contributed by atoms with van der Waals surface area (Å²) in [5, 5.41) is 2.59. The summed E-state index contributed by atoms with van der Waals surface area (Å²) in [5.41, 5.74) is 1.90. The zero-order chi connectivity index (χ0) is 18.9. The van der Waals surface area contributed by atoms with Gasteiger partial charge in [-0.3, -0.25) is 5.32 Å². The molecule has 0 unspecified atom stereocenters. The minimum Gasteiger partial charge on any atom is -0.493 e. The van der Waals surface area contributed by atoms with Gasteiger partial charge in [0.05, 0.1) is 19.3 Å². The van der Waals surface area contributed by atoms with E-state index < -0.39 is 12.1 Å². The number of hydrogen-bond donors (Lipinski definition) is 1. The standard InChI is InChI=1S/C20H21NO5/c1-4-6-14-7-12-17(18(13-14)24-3)26-20(23)21-16-10-8-15(9-11-16)19(22)25-5-2/h4,7-13H,1,5-6H2,2-3H3,(H,21,23). The predicted molar refractivity (Wildman–Crippen MR) is 98.9 cm³/mol. The molecule has 0 heterocycles. The van der Waals surface area contributed by atoms with Gasteiger partial charge < -0.3 is 14.2 Å². The summed E-state index contributed by atoms with van der Waals surface area (Å²) in [5.74, 6) is 0.351. The largest absolute Gasteiger partial charge is 0.493 e. The van der Waals surface area contributed by atoms with E-state index in [4.69, 9.17) is 14.2 Å². The first-order chi connectivity index (χ1) is 12.6. The summed E-state index contributed by atoms with van der Waals surface area (Å²) in [6, 6.07) is 11.6. The van der Waals surface area contributed by atoms with Gasteiger partial charge in [-0.1, -0.05) is 12.1 Å². The molecule has 0 bridgehead atoms. The Morgan fingerprint density at radius 1 is 1.12 bits per heavy atom. The fraction of sp³-hybridized carbons (Fsp3) is 0.200. The molecule has 0 aliphatic heterocycles. The van der Waals surface area contributed by atoms with Crippen molar-refractivity contribution in [3.63, 3.8) is 0 Å². The van der Waals surface area contributed by atoms with E-state index in [1.54, 1.807) is 49.4 Å². The first-order valence-corrected chi connectivity index (χ1v) is 8.11. The highest BCUT2D eigenvalue weighted by molar-refractivity contribution is 5.91. The van der Waals surface area contributed by atoms with Crippen LogP contribution in [0.4, 0.5) is 10.5 Å². The molecule has 1 N–H and O–H groups in total. The Kier molecular flexibility index (Phi) is 6.79. The fourth-order valence-electron chi connectivity index (χ4n) is 2.24. The second-order valence-electron chi connectivity index (χ2n) is 5.29. The van der Waals surface area contributed by atoms with Crippen molar-refractivity contribution in [3.8, 4) is 11.5 Å². The lowest BCUT2D eigenvalue weighted by atomic mass is 10.1. The average Bonchev–Trinajstić information content (AvgIpc) is 2.64. The van der Waals surface area contributed by atoms with Crippen molar-refractivity contribution < 1.29 is 23.8 Å². The lowest BCUT2D eigenvalue weighted by Crippen LogP contribution is -2.17. The predicted octanol–water partition coefficient (Wildman–Crippen LogP) is 4.21. The van der Waals surface area contributed by atoms with Crippen molar-refractivity contribution in [2.24, 2.45) is 0 Å². The summed E-state index contributed by atoms with van der Waals surface area (Å²) >= 11 is 0. The first kappa shape index (κ1) is 19.1. The summed E-state index contributed by atoms with van der Waals surface area (Å²) in [6.45, 7) is 5.73. The van der Waals surface area contributed by atoms with Crippen LogP contribution in [0.1, 0.15) is 22.8 Å². The Hall–Kier alpha value is -3.28. The van der Waals surface area contributed by atoms with Crippen LogP contribution in [0.25, 0.3) is 0 Å². The number of amides is 1. The highest BCUT2D eigenvalue weighted by Crippen LogP contribution is 2.28. The number of esters is 1. The van der Waals surface area contributed by atoms with Crippen LogP contribution in [0.3, 0.4) is 0 Å². The lowest BCUT2D eigenvalue weighted by Gasteiger charge is -2.11. The average molecular weight is 355 g/mol. The van der Waals surface area contributed by atoms with E-state index in [0.29, 0.717) is 35.8 Å². The Labute approximate surface area is 152 Å². The molecule has 0 fully saturated rings. The Morgan fingerprint density at radius 2 is 1.85 bits per heavy atom. The molecule has 0 aliphatic carbocycles. The van der Waals surface area contributed by atoms with E-state index in [1.165, 1.54) is 7.11 Å². The highest BCUT2D eigenvalue weighted by atomic mass is 16.6. The minimum absolute atomic E-state index is 0.304. The molecule has 26 heavy (non-hydrogen) atoms. The third-order valence-corrected chi connectivity index (χ3v) is 3.45. The molecule has 0 saturated carbocycles. The van der Waals surface area contributed by atoms with Crippen LogP contribution in [-0.2, 0) is 11.2 Å². The van der Waals surface area contributed by atoms with E-state index in [1.807, 2.05) is 6.07 Å². The molecule has 0 atom stereocenters. The van der Waals surface area contributed by atoms with Gasteiger partial charge in [0, 0.05) is 5.69 Å². The molecular weight excluding hydrogens is 334 g/mol. The van der Waals surface area contributed by atoms with Crippen LogP contribution in [0.5, 0.6) is 11.5 Å². The van der Waals surface area contributed by atoms with Gasteiger partial charge in [0.2, 0.25) is 0 Å². The van der Waals surface area contributed by atoms with E-state index >= 15 is 0 Å². The van der Waals surface area contributed by atoms with Crippen LogP contribution in [0.15, 0.2) is 55.1 Å². The van der Waals surface area contributed by atoms with E-state index in [0.717, 1.165) is 5.56 Å². The molecular formula is C20H21NO5. The monoisotopic (exact) mass is 355 g/mol. The molecule has 0 aromatic heterocycles. The number of rotatable bonds is 7. The smallest absolute Gasteiger partial charge is 0.417 e. The molecule has 2 rings (SSSR count).